The van der Waals surface area contributed by atoms with Crippen LogP contribution in [0.25, 0.3) is 24.3 Å². The normalized spacial score (nSPS) is 9.08. The van der Waals surface area contributed by atoms with Crippen molar-refractivity contribution in [3.63, 3.8) is 0 Å². The fourth-order valence-corrected chi connectivity index (χ4v) is 1.42. The average Bonchev–Trinajstić information content (AvgIpc) is 2.68. The Labute approximate surface area is 156 Å². The lowest BCUT2D eigenvalue weighted by atomic mass is 10.2. The Balaban J connectivity index is -0.000000605. The third-order valence-corrected chi connectivity index (χ3v) is 2.29. The van der Waals surface area contributed by atoms with Crippen molar-refractivity contribution < 1.29 is 0 Å². The molecule has 1 aromatic rings. The van der Waals surface area contributed by atoms with Crippen molar-refractivity contribution in [3.8, 4) is 0 Å². The van der Waals surface area contributed by atoms with E-state index in [2.05, 4.69) is 50.5 Å². The molecule has 0 atom stereocenters. The first-order valence-electron chi connectivity index (χ1n) is 9.30. The minimum Gasteiger partial charge on any atom is -0.245 e. The summed E-state index contributed by atoms with van der Waals surface area (Å²) in [4.78, 5) is 9.04. The summed E-state index contributed by atoms with van der Waals surface area (Å²) in [5.41, 5.74) is 3.12. The summed E-state index contributed by atoms with van der Waals surface area (Å²) in [6.07, 6.45) is 15.0. The van der Waals surface area contributed by atoms with E-state index < -0.39 is 0 Å². The molecule has 0 aromatic carbocycles. The van der Waals surface area contributed by atoms with E-state index in [-0.39, 0.29) is 0 Å². The van der Waals surface area contributed by atoms with E-state index in [4.69, 9.17) is 0 Å². The van der Waals surface area contributed by atoms with Crippen molar-refractivity contribution in [1.82, 2.24) is 9.97 Å². The molecule has 0 aliphatic rings. The number of hydrogen-bond donors (Lipinski definition) is 0. The van der Waals surface area contributed by atoms with Gasteiger partial charge in [-0.15, -0.1) is 0 Å². The van der Waals surface area contributed by atoms with Crippen LogP contribution < -0.4 is 0 Å². The molecule has 0 radical (unpaired) electrons. The summed E-state index contributed by atoms with van der Waals surface area (Å²) in [5, 5.41) is 0. The smallest absolute Gasteiger partial charge is 0.0894 e. The molecule has 0 unspecified atom stereocenters. The Morgan fingerprint density at radius 3 is 1.44 bits per heavy atom. The maximum Gasteiger partial charge on any atom is 0.0894 e. The number of allylic oxidation sites excluding steroid dienone is 3. The third-order valence-electron chi connectivity index (χ3n) is 2.29. The van der Waals surface area contributed by atoms with Crippen molar-refractivity contribution in [1.29, 1.82) is 0 Å². The summed E-state index contributed by atoms with van der Waals surface area (Å²) in [5.74, 6) is 0. The number of aromatic nitrogens is 2. The molecule has 0 N–H and O–H groups in total. The van der Waals surface area contributed by atoms with Crippen LogP contribution in [0.5, 0.6) is 0 Å². The summed E-state index contributed by atoms with van der Waals surface area (Å²) < 4.78 is 0. The van der Waals surface area contributed by atoms with Crippen LogP contribution in [0.1, 0.15) is 84.1 Å². The fourth-order valence-electron chi connectivity index (χ4n) is 1.42. The van der Waals surface area contributed by atoms with Gasteiger partial charge < -0.3 is 0 Å². The first kappa shape index (κ1) is 27.6. The van der Waals surface area contributed by atoms with E-state index in [1.807, 2.05) is 52.0 Å². The van der Waals surface area contributed by atoms with Gasteiger partial charge in [-0.05, 0) is 30.7 Å². The monoisotopic (exact) mass is 342 g/mol. The van der Waals surface area contributed by atoms with Crippen LogP contribution in [0, 0.1) is 0 Å². The van der Waals surface area contributed by atoms with Crippen LogP contribution in [0.15, 0.2) is 38.0 Å². The molecule has 1 rings (SSSR count). The standard InChI is InChI=1S/C16H18N2.C3H8.2C2H6/c1-5-9-11-15-13(7-3)18-16(12-10-6-2)14(8-4)17-15;1-3-2;2*1-2/h5,7-12H,1,3-4,6H2,2H3;3H2,1-2H3;2*1-2H3/b11-9-,12-10-;;;. The van der Waals surface area contributed by atoms with Crippen LogP contribution >= 0.6 is 0 Å². The van der Waals surface area contributed by atoms with Crippen LogP contribution in [0.2, 0.25) is 0 Å². The molecule has 0 amide bonds. The predicted octanol–water partition coefficient (Wildman–Crippen LogP) is 7.85. The van der Waals surface area contributed by atoms with Gasteiger partial charge in [-0.1, -0.05) is 92.9 Å². The van der Waals surface area contributed by atoms with Crippen molar-refractivity contribution in [2.24, 2.45) is 0 Å². The molecule has 2 heteroatoms. The van der Waals surface area contributed by atoms with Gasteiger partial charge in [0.1, 0.15) is 0 Å². The molecular formula is C23H38N2. The number of nitrogens with zero attached hydrogens (tertiary/aromatic N) is 2. The Bertz CT molecular complexity index is 523. The van der Waals surface area contributed by atoms with Gasteiger partial charge in [0.2, 0.25) is 0 Å². The summed E-state index contributed by atoms with van der Waals surface area (Å²) in [7, 11) is 0. The Morgan fingerprint density at radius 1 is 0.720 bits per heavy atom. The molecule has 0 spiro atoms. The van der Waals surface area contributed by atoms with E-state index >= 15 is 0 Å². The highest BCUT2D eigenvalue weighted by molar-refractivity contribution is 5.65. The topological polar surface area (TPSA) is 25.8 Å². The highest BCUT2D eigenvalue weighted by Crippen LogP contribution is 2.15. The van der Waals surface area contributed by atoms with E-state index in [1.54, 1.807) is 18.2 Å². The van der Waals surface area contributed by atoms with Crippen molar-refractivity contribution in [3.05, 3.63) is 60.7 Å². The summed E-state index contributed by atoms with van der Waals surface area (Å²) in [6.45, 7) is 25.5. The second kappa shape index (κ2) is 21.8. The van der Waals surface area contributed by atoms with Gasteiger partial charge in [-0.2, -0.15) is 0 Å². The summed E-state index contributed by atoms with van der Waals surface area (Å²) in [6, 6.07) is 0. The van der Waals surface area contributed by atoms with Gasteiger partial charge in [0.05, 0.1) is 22.8 Å². The van der Waals surface area contributed by atoms with E-state index in [0.717, 1.165) is 29.2 Å². The quantitative estimate of drug-likeness (QED) is 0.492. The first-order chi connectivity index (χ1) is 12.2. The maximum atomic E-state index is 4.53. The zero-order valence-electron chi connectivity index (χ0n) is 17.5. The Kier molecular flexibility index (Phi) is 24.1. The minimum atomic E-state index is 0.759. The van der Waals surface area contributed by atoms with Crippen molar-refractivity contribution in [2.45, 2.75) is 61.3 Å². The number of hydrogen-bond acceptors (Lipinski definition) is 2. The van der Waals surface area contributed by atoms with Gasteiger partial charge >= 0.3 is 0 Å². The minimum absolute atomic E-state index is 0.759. The van der Waals surface area contributed by atoms with Gasteiger partial charge in [0.25, 0.3) is 0 Å². The second-order valence-corrected chi connectivity index (χ2v) is 4.29. The lowest BCUT2D eigenvalue weighted by molar-refractivity contribution is 1.09. The first-order valence-corrected chi connectivity index (χ1v) is 9.30. The molecule has 140 valence electrons. The molecular weight excluding hydrogens is 304 g/mol. The molecule has 0 aliphatic carbocycles. The van der Waals surface area contributed by atoms with E-state index in [9.17, 15) is 0 Å². The highest BCUT2D eigenvalue weighted by Gasteiger charge is 2.05. The lowest BCUT2D eigenvalue weighted by Gasteiger charge is -2.05. The summed E-state index contributed by atoms with van der Waals surface area (Å²) >= 11 is 0. The Hall–Kier alpha value is -2.22. The van der Waals surface area contributed by atoms with E-state index in [1.165, 1.54) is 6.42 Å². The maximum absolute atomic E-state index is 4.53. The van der Waals surface area contributed by atoms with Gasteiger partial charge in [-0.25, -0.2) is 9.97 Å². The zero-order valence-corrected chi connectivity index (χ0v) is 17.5. The van der Waals surface area contributed by atoms with Crippen LogP contribution in [-0.4, -0.2) is 9.97 Å². The zero-order chi connectivity index (χ0) is 20.1. The molecule has 1 heterocycles. The molecule has 0 aliphatic heterocycles. The third kappa shape index (κ3) is 12.8. The second-order valence-electron chi connectivity index (χ2n) is 4.29. The fraction of sp³-hybridized carbons (Fsp3) is 0.391. The molecule has 0 saturated heterocycles. The molecule has 1 aromatic heterocycles. The highest BCUT2D eigenvalue weighted by atomic mass is 14.8. The molecule has 2 nitrogen and oxygen atoms in total. The Morgan fingerprint density at radius 2 is 1.12 bits per heavy atom. The molecule has 25 heavy (non-hydrogen) atoms. The van der Waals surface area contributed by atoms with Gasteiger partial charge in [0, 0.05) is 0 Å². The molecule has 0 fully saturated rings. The van der Waals surface area contributed by atoms with Crippen LogP contribution in [0.3, 0.4) is 0 Å². The van der Waals surface area contributed by atoms with Crippen molar-refractivity contribution >= 4 is 24.3 Å². The number of rotatable bonds is 6. The van der Waals surface area contributed by atoms with Crippen molar-refractivity contribution in [2.75, 3.05) is 0 Å². The SMILES string of the molecule is C=C/C=C\c1nc(C=C)c(/C=C\CC)nc1C=C.CC.CC.CCC. The average molecular weight is 343 g/mol. The van der Waals surface area contributed by atoms with Crippen LogP contribution in [0.4, 0.5) is 0 Å². The van der Waals surface area contributed by atoms with Crippen LogP contribution in [-0.2, 0) is 0 Å². The largest absolute Gasteiger partial charge is 0.245 e. The predicted molar refractivity (Wildman–Crippen MR) is 119 cm³/mol. The lowest BCUT2D eigenvalue weighted by Crippen LogP contribution is -1.99. The van der Waals surface area contributed by atoms with E-state index in [0.29, 0.717) is 0 Å². The van der Waals surface area contributed by atoms with Gasteiger partial charge in [-0.3, -0.25) is 0 Å². The molecule has 0 bridgehead atoms. The molecule has 0 saturated carbocycles. The van der Waals surface area contributed by atoms with Gasteiger partial charge in [0.15, 0.2) is 0 Å².